The zero-order valence-electron chi connectivity index (χ0n) is 11.2. The summed E-state index contributed by atoms with van der Waals surface area (Å²) >= 11 is 5.85. The van der Waals surface area contributed by atoms with Crippen molar-refractivity contribution >= 4 is 29.2 Å². The van der Waals surface area contributed by atoms with Gasteiger partial charge in [-0.25, -0.2) is 14.8 Å². The van der Waals surface area contributed by atoms with Gasteiger partial charge in [0.25, 0.3) is 0 Å². The number of aromatic nitrogens is 2. The van der Waals surface area contributed by atoms with Crippen LogP contribution in [0.1, 0.15) is 20.8 Å². The fourth-order valence-electron chi connectivity index (χ4n) is 1.21. The molecule has 0 aliphatic carbocycles. The quantitative estimate of drug-likeness (QED) is 0.575. The van der Waals surface area contributed by atoms with E-state index in [1.165, 1.54) is 6.33 Å². The second-order valence-electron chi connectivity index (χ2n) is 4.78. The van der Waals surface area contributed by atoms with E-state index in [1.807, 2.05) is 0 Å². The molecule has 0 aliphatic rings. The Kier molecular flexibility index (Phi) is 5.17. The molecule has 1 heterocycles. The van der Waals surface area contributed by atoms with Crippen LogP contribution in [-0.2, 0) is 4.74 Å². The van der Waals surface area contributed by atoms with E-state index in [2.05, 4.69) is 20.6 Å². The van der Waals surface area contributed by atoms with Gasteiger partial charge in [-0.1, -0.05) is 11.6 Å². The molecule has 0 aliphatic heterocycles. The molecule has 0 radical (unpaired) electrons. The van der Waals surface area contributed by atoms with E-state index in [1.54, 1.807) is 20.8 Å². The van der Waals surface area contributed by atoms with Crippen molar-refractivity contribution in [2.75, 3.05) is 24.1 Å². The molecule has 106 valence electrons. The average Bonchev–Trinajstić information content (AvgIpc) is 2.25. The number of carbonyl (C=O) groups is 1. The maximum absolute atomic E-state index is 11.4. The lowest BCUT2D eigenvalue weighted by Crippen LogP contribution is -2.35. The summed E-state index contributed by atoms with van der Waals surface area (Å²) in [6.45, 7) is 6.18. The molecule has 7 nitrogen and oxygen atoms in total. The van der Waals surface area contributed by atoms with Crippen LogP contribution in [0.25, 0.3) is 0 Å². The average molecular weight is 288 g/mol. The van der Waals surface area contributed by atoms with E-state index in [4.69, 9.17) is 22.1 Å². The first kappa shape index (κ1) is 15.3. The normalized spacial score (nSPS) is 10.9. The third-order valence-electron chi connectivity index (χ3n) is 1.93. The second kappa shape index (κ2) is 6.42. The molecule has 0 atom stereocenters. The van der Waals surface area contributed by atoms with Crippen LogP contribution in [-0.4, -0.2) is 34.8 Å². The van der Waals surface area contributed by atoms with Crippen molar-refractivity contribution in [3.63, 3.8) is 0 Å². The van der Waals surface area contributed by atoms with E-state index in [0.717, 1.165) is 0 Å². The van der Waals surface area contributed by atoms with E-state index < -0.39 is 11.7 Å². The van der Waals surface area contributed by atoms with Crippen LogP contribution in [0.2, 0.25) is 5.15 Å². The van der Waals surface area contributed by atoms with E-state index in [9.17, 15) is 4.79 Å². The Morgan fingerprint density at radius 2 is 2.11 bits per heavy atom. The zero-order chi connectivity index (χ0) is 14.5. The van der Waals surface area contributed by atoms with Crippen molar-refractivity contribution in [2.24, 2.45) is 0 Å². The van der Waals surface area contributed by atoms with Gasteiger partial charge in [0.05, 0.1) is 0 Å². The Hall–Kier alpha value is -1.76. The summed E-state index contributed by atoms with van der Waals surface area (Å²) in [4.78, 5) is 19.0. The van der Waals surface area contributed by atoms with Gasteiger partial charge in [0.1, 0.15) is 17.6 Å². The summed E-state index contributed by atoms with van der Waals surface area (Å²) < 4.78 is 5.08. The van der Waals surface area contributed by atoms with Crippen LogP contribution >= 0.6 is 11.6 Å². The van der Waals surface area contributed by atoms with Gasteiger partial charge in [0.2, 0.25) is 0 Å². The standard InChI is InChI=1S/C11H18ClN5O2/c1-11(2,3)19-10(18)15-5-4-14-7-8(12)16-6-17-9(7)13/h6,14H,4-5H2,1-3H3,(H,15,18)(H2,13,16,17). The maximum Gasteiger partial charge on any atom is 0.407 e. The number of nitrogen functional groups attached to an aromatic ring is 1. The molecule has 1 aromatic heterocycles. The van der Waals surface area contributed by atoms with Gasteiger partial charge in [0.15, 0.2) is 11.0 Å². The van der Waals surface area contributed by atoms with E-state index in [-0.39, 0.29) is 11.0 Å². The molecule has 1 amide bonds. The van der Waals surface area contributed by atoms with Gasteiger partial charge >= 0.3 is 6.09 Å². The Morgan fingerprint density at radius 3 is 2.68 bits per heavy atom. The van der Waals surface area contributed by atoms with Crippen molar-refractivity contribution in [3.8, 4) is 0 Å². The largest absolute Gasteiger partial charge is 0.444 e. The second-order valence-corrected chi connectivity index (χ2v) is 5.14. The van der Waals surface area contributed by atoms with Crippen LogP contribution in [0.4, 0.5) is 16.3 Å². The molecular weight excluding hydrogens is 270 g/mol. The highest BCUT2D eigenvalue weighted by molar-refractivity contribution is 6.32. The molecule has 8 heteroatoms. The number of halogens is 1. The molecule has 0 spiro atoms. The summed E-state index contributed by atoms with van der Waals surface area (Å²) in [7, 11) is 0. The third kappa shape index (κ3) is 5.60. The third-order valence-corrected chi connectivity index (χ3v) is 2.21. The molecule has 0 unspecified atom stereocenters. The van der Waals surface area contributed by atoms with Crippen LogP contribution in [0, 0.1) is 0 Å². The van der Waals surface area contributed by atoms with Crippen molar-refractivity contribution in [2.45, 2.75) is 26.4 Å². The Balaban J connectivity index is 2.34. The number of ether oxygens (including phenoxy) is 1. The fraction of sp³-hybridized carbons (Fsp3) is 0.545. The topological polar surface area (TPSA) is 102 Å². The molecule has 0 bridgehead atoms. The predicted molar refractivity (Wildman–Crippen MR) is 74.2 cm³/mol. The first-order valence-electron chi connectivity index (χ1n) is 5.76. The molecule has 1 aromatic rings. The summed E-state index contributed by atoms with van der Waals surface area (Å²) in [6.07, 6.45) is 0.805. The number of hydrogen-bond donors (Lipinski definition) is 3. The maximum atomic E-state index is 11.4. The molecular formula is C11H18ClN5O2. The molecule has 0 fully saturated rings. The Bertz CT molecular complexity index is 427. The number of nitrogens with one attached hydrogen (secondary N) is 2. The number of carbonyl (C=O) groups excluding carboxylic acids is 1. The SMILES string of the molecule is CC(C)(C)OC(=O)NCCNc1c(N)ncnc1Cl. The number of amides is 1. The number of nitrogens with zero attached hydrogens (tertiary/aromatic N) is 2. The fourth-order valence-corrected chi connectivity index (χ4v) is 1.41. The van der Waals surface area contributed by atoms with Gasteiger partial charge in [0, 0.05) is 13.1 Å². The minimum atomic E-state index is -0.515. The lowest BCUT2D eigenvalue weighted by atomic mass is 10.2. The smallest absolute Gasteiger partial charge is 0.407 e. The number of hydrogen-bond acceptors (Lipinski definition) is 6. The van der Waals surface area contributed by atoms with Crippen LogP contribution in [0.15, 0.2) is 6.33 Å². The molecule has 1 rings (SSSR count). The minimum absolute atomic E-state index is 0.241. The van der Waals surface area contributed by atoms with Crippen LogP contribution in [0.5, 0.6) is 0 Å². The summed E-state index contributed by atoms with van der Waals surface area (Å²) in [6, 6.07) is 0. The van der Waals surface area contributed by atoms with Gasteiger partial charge in [-0.15, -0.1) is 0 Å². The molecule has 0 saturated carbocycles. The number of rotatable bonds is 4. The van der Waals surface area contributed by atoms with Gasteiger partial charge in [-0.05, 0) is 20.8 Å². The van der Waals surface area contributed by atoms with Crippen molar-refractivity contribution in [3.05, 3.63) is 11.5 Å². The van der Waals surface area contributed by atoms with Crippen LogP contribution < -0.4 is 16.4 Å². The highest BCUT2D eigenvalue weighted by Crippen LogP contribution is 2.22. The number of nitrogens with two attached hydrogens (primary N) is 1. The summed E-state index contributed by atoms with van der Waals surface area (Å²) in [5.74, 6) is 0.261. The van der Waals surface area contributed by atoms with E-state index in [0.29, 0.717) is 18.8 Å². The van der Waals surface area contributed by atoms with Crippen molar-refractivity contribution in [1.82, 2.24) is 15.3 Å². The highest BCUT2D eigenvalue weighted by atomic mass is 35.5. The minimum Gasteiger partial charge on any atom is -0.444 e. The van der Waals surface area contributed by atoms with Gasteiger partial charge < -0.3 is 21.1 Å². The molecule has 19 heavy (non-hydrogen) atoms. The van der Waals surface area contributed by atoms with Crippen LogP contribution in [0.3, 0.4) is 0 Å². The predicted octanol–water partition coefficient (Wildman–Crippen LogP) is 1.65. The Labute approximate surface area is 116 Å². The number of alkyl carbamates (subject to hydrolysis) is 1. The summed E-state index contributed by atoms with van der Waals surface area (Å²) in [5, 5.41) is 5.79. The first-order chi connectivity index (χ1) is 8.79. The number of anilines is 2. The lowest BCUT2D eigenvalue weighted by Gasteiger charge is -2.19. The monoisotopic (exact) mass is 287 g/mol. The van der Waals surface area contributed by atoms with Crippen molar-refractivity contribution < 1.29 is 9.53 Å². The Morgan fingerprint density at radius 1 is 1.42 bits per heavy atom. The van der Waals surface area contributed by atoms with E-state index >= 15 is 0 Å². The molecule has 0 saturated heterocycles. The highest BCUT2D eigenvalue weighted by Gasteiger charge is 2.15. The zero-order valence-corrected chi connectivity index (χ0v) is 11.9. The lowest BCUT2D eigenvalue weighted by molar-refractivity contribution is 0.0530. The van der Waals surface area contributed by atoms with Gasteiger partial charge in [-0.3, -0.25) is 0 Å². The summed E-state index contributed by atoms with van der Waals surface area (Å²) in [5.41, 5.74) is 5.58. The molecule has 4 N–H and O–H groups in total. The van der Waals surface area contributed by atoms with Gasteiger partial charge in [-0.2, -0.15) is 0 Å². The van der Waals surface area contributed by atoms with Crippen molar-refractivity contribution in [1.29, 1.82) is 0 Å². The first-order valence-corrected chi connectivity index (χ1v) is 6.14. The molecule has 0 aromatic carbocycles.